The van der Waals surface area contributed by atoms with Crippen LogP contribution in [0.25, 0.3) is 11.1 Å². The van der Waals surface area contributed by atoms with E-state index in [1.165, 1.54) is 33.4 Å². The minimum absolute atomic E-state index is 0. The molecule has 2 aliphatic rings. The molecule has 0 unspecified atom stereocenters. The first-order chi connectivity index (χ1) is 27.3. The van der Waals surface area contributed by atoms with Crippen LogP contribution in [0.5, 0.6) is 11.5 Å². The van der Waals surface area contributed by atoms with Crippen molar-refractivity contribution in [1.29, 1.82) is 0 Å². The molecule has 0 radical (unpaired) electrons. The molecule has 59 heavy (non-hydrogen) atoms. The topological polar surface area (TPSA) is 47.0 Å². The molecule has 312 valence electrons. The van der Waals surface area contributed by atoms with Gasteiger partial charge in [0.05, 0.1) is 12.6 Å². The van der Waals surface area contributed by atoms with Crippen LogP contribution in [0, 0.1) is 36.8 Å². The van der Waals surface area contributed by atoms with Crippen LogP contribution in [0.2, 0.25) is 0 Å². The Morgan fingerprint density at radius 3 is 2.08 bits per heavy atom. The summed E-state index contributed by atoms with van der Waals surface area (Å²) >= 11 is 0. The molecule has 3 heterocycles. The molecule has 7 rings (SSSR count). The summed E-state index contributed by atoms with van der Waals surface area (Å²) in [6.45, 7) is 32.4. The second kappa shape index (κ2) is 17.0. The smallest absolute Gasteiger partial charge is 0.518 e. The Labute approximate surface area is 369 Å². The predicted octanol–water partition coefficient (Wildman–Crippen LogP) is 14.2. The van der Waals surface area contributed by atoms with E-state index in [2.05, 4.69) is 181 Å². The van der Waals surface area contributed by atoms with Gasteiger partial charge in [-0.05, 0) is 75.0 Å². The van der Waals surface area contributed by atoms with E-state index < -0.39 is 0 Å². The summed E-state index contributed by atoms with van der Waals surface area (Å²) in [4.78, 5) is 12.5. The molecule has 0 amide bonds. The van der Waals surface area contributed by atoms with Crippen molar-refractivity contribution in [1.82, 2.24) is 4.98 Å². The number of aromatic nitrogens is 1. The van der Waals surface area contributed by atoms with E-state index in [0.29, 0.717) is 53.6 Å². The summed E-state index contributed by atoms with van der Waals surface area (Å²) in [5, 5.41) is 0. The second-order valence-corrected chi connectivity index (χ2v) is 19.5. The minimum atomic E-state index is -0.249. The molecule has 1 atom stereocenters. The Balaban J connectivity index is 0.00000585. The van der Waals surface area contributed by atoms with Gasteiger partial charge in [0.2, 0.25) is 0 Å². The monoisotopic (exact) mass is 968 g/mol. The first kappa shape index (κ1) is 44.3. The number of rotatable bonds is 10. The van der Waals surface area contributed by atoms with Crippen molar-refractivity contribution in [2.75, 3.05) is 11.5 Å². The fourth-order valence-corrected chi connectivity index (χ4v) is 9.36. The van der Waals surface area contributed by atoms with Crippen LogP contribution < -0.4 is 9.64 Å². The van der Waals surface area contributed by atoms with Crippen molar-refractivity contribution < 1.29 is 30.5 Å². The number of hydrogen-bond acceptors (Lipinski definition) is 5. The minimum Gasteiger partial charge on any atom is -0.518 e. The van der Waals surface area contributed by atoms with Gasteiger partial charge in [0.1, 0.15) is 11.7 Å². The first-order valence-electron chi connectivity index (χ1n) is 21.4. The van der Waals surface area contributed by atoms with E-state index in [-0.39, 0.29) is 37.9 Å². The molecule has 5 aromatic rings. The standard InChI is InChI=1S/C53H63N3O2.Pt/c1-31(2)42-17-15-18-43(32(3)4)49(42)36-25-37(51-55-46(30-57-51)48(33(5)6)34(7)8)27-41(26-36)58-40-24-35(9)23-39(29-40)56-47-21-20-38(52(10,11)12)28-45(47)53(13,14)44-19-16-22-54-50(44)56;/h15-26,28,31-34,46,48H,30H2,1-14H3;/q-2;+2/t46-;/m0./s1. The van der Waals surface area contributed by atoms with Gasteiger partial charge in [-0.3, -0.25) is 4.99 Å². The molecule has 5 nitrogen and oxygen atoms in total. The number of anilines is 3. The molecule has 0 spiro atoms. The zero-order valence-electron chi connectivity index (χ0n) is 37.7. The maximum atomic E-state index is 6.92. The van der Waals surface area contributed by atoms with E-state index in [9.17, 15) is 0 Å². The Morgan fingerprint density at radius 2 is 1.46 bits per heavy atom. The Bertz CT molecular complexity index is 2310. The average Bonchev–Trinajstić information content (AvgIpc) is 3.63. The van der Waals surface area contributed by atoms with E-state index in [0.717, 1.165) is 33.9 Å². The average molecular weight is 969 g/mol. The Morgan fingerprint density at radius 1 is 0.797 bits per heavy atom. The molecule has 4 aromatic carbocycles. The summed E-state index contributed by atoms with van der Waals surface area (Å²) < 4.78 is 13.4. The van der Waals surface area contributed by atoms with E-state index in [4.69, 9.17) is 19.5 Å². The molecule has 0 fully saturated rings. The van der Waals surface area contributed by atoms with Crippen LogP contribution in [0.3, 0.4) is 0 Å². The van der Waals surface area contributed by atoms with E-state index in [1.54, 1.807) is 0 Å². The van der Waals surface area contributed by atoms with Crippen LogP contribution in [0.15, 0.2) is 84.0 Å². The number of hydrogen-bond donors (Lipinski definition) is 0. The van der Waals surface area contributed by atoms with Crippen molar-refractivity contribution in [3.05, 3.63) is 130 Å². The summed E-state index contributed by atoms with van der Waals surface area (Å²) in [6.07, 6.45) is 1.88. The normalized spacial score (nSPS) is 16.0. The Kier molecular flexibility index (Phi) is 12.8. The van der Waals surface area contributed by atoms with Crippen molar-refractivity contribution in [3.63, 3.8) is 0 Å². The molecular formula is C53H63N3O2Pt. The van der Waals surface area contributed by atoms with Gasteiger partial charge in [0.25, 0.3) is 0 Å². The third-order valence-corrected chi connectivity index (χ3v) is 12.3. The van der Waals surface area contributed by atoms with Gasteiger partial charge in [-0.1, -0.05) is 162 Å². The maximum absolute atomic E-state index is 6.92. The van der Waals surface area contributed by atoms with Gasteiger partial charge in [-0.25, -0.2) is 4.98 Å². The first-order valence-corrected chi connectivity index (χ1v) is 21.4. The molecule has 1 aromatic heterocycles. The number of nitrogens with zero attached hydrogens (tertiary/aromatic N) is 3. The van der Waals surface area contributed by atoms with Gasteiger partial charge in [0, 0.05) is 34.4 Å². The van der Waals surface area contributed by atoms with Crippen LogP contribution in [0.1, 0.15) is 141 Å². The summed E-state index contributed by atoms with van der Waals surface area (Å²) in [5.41, 5.74) is 12.3. The van der Waals surface area contributed by atoms with Crippen molar-refractivity contribution in [2.45, 2.75) is 126 Å². The molecule has 0 N–H and O–H groups in total. The zero-order chi connectivity index (χ0) is 41.8. The van der Waals surface area contributed by atoms with Gasteiger partial charge >= 0.3 is 21.1 Å². The molecule has 6 heteroatoms. The number of pyridine rings is 1. The van der Waals surface area contributed by atoms with E-state index >= 15 is 0 Å². The molecule has 0 saturated carbocycles. The maximum Gasteiger partial charge on any atom is 2.00 e. The number of fused-ring (bicyclic) bond motifs is 2. The summed E-state index contributed by atoms with van der Waals surface area (Å²) in [5.74, 6) is 4.80. The van der Waals surface area contributed by atoms with Gasteiger partial charge in [-0.2, -0.15) is 5.56 Å². The zero-order valence-corrected chi connectivity index (χ0v) is 39.9. The van der Waals surface area contributed by atoms with Crippen LogP contribution in [0.4, 0.5) is 17.2 Å². The molecule has 0 aliphatic carbocycles. The third kappa shape index (κ3) is 8.70. The van der Waals surface area contributed by atoms with Crippen molar-refractivity contribution in [3.8, 4) is 22.6 Å². The fourth-order valence-electron chi connectivity index (χ4n) is 9.36. The number of benzene rings is 4. The largest absolute Gasteiger partial charge is 2.00 e. The van der Waals surface area contributed by atoms with Gasteiger partial charge in [-0.15, -0.1) is 24.3 Å². The third-order valence-electron chi connectivity index (χ3n) is 12.3. The molecule has 2 aliphatic heterocycles. The number of aryl methyl sites for hydroxylation is 1. The van der Waals surface area contributed by atoms with Gasteiger partial charge < -0.3 is 14.4 Å². The Hall–Kier alpha value is -4.21. The molecular weight excluding hydrogens is 906 g/mol. The number of ether oxygens (including phenoxy) is 2. The second-order valence-electron chi connectivity index (χ2n) is 19.5. The van der Waals surface area contributed by atoms with Crippen molar-refractivity contribution >= 4 is 23.1 Å². The molecule has 0 bridgehead atoms. The quantitative estimate of drug-likeness (QED) is 0.131. The van der Waals surface area contributed by atoms with Crippen molar-refractivity contribution in [2.24, 2.45) is 22.7 Å². The predicted molar refractivity (Wildman–Crippen MR) is 242 cm³/mol. The summed E-state index contributed by atoms with van der Waals surface area (Å²) in [7, 11) is 0. The van der Waals surface area contributed by atoms with Gasteiger partial charge in [0.15, 0.2) is 0 Å². The van der Waals surface area contributed by atoms with E-state index in [1.807, 2.05) is 12.3 Å². The van der Waals surface area contributed by atoms with Crippen LogP contribution in [-0.2, 0) is 36.6 Å². The summed E-state index contributed by atoms with van der Waals surface area (Å²) in [6, 6.07) is 33.8. The number of aliphatic imine (C=N–C) groups is 1. The SMILES string of the molecule is Cc1cc(Oc2[c-]c(C3=N[C@H](C(C(C)C)C(C)C)CO3)cc(-c3c(C(C)C)cccc3C(C)C)c2)[c-]c(N2c3ccc(C(C)(C)C)cc3C(C)(C)c3cccnc32)c1.[Pt+2]. The van der Waals surface area contributed by atoms with Crippen LogP contribution >= 0.6 is 0 Å². The van der Waals surface area contributed by atoms with Crippen LogP contribution in [-0.4, -0.2) is 23.5 Å². The molecule has 0 saturated heterocycles. The fraction of sp³-hybridized carbons (Fsp3) is 0.434.